The molecular weight excluding hydrogens is 467 g/mol. The number of hydrogen-bond acceptors (Lipinski definition) is 4. The van der Waals surface area contributed by atoms with Crippen molar-refractivity contribution in [1.82, 2.24) is 16.0 Å². The van der Waals surface area contributed by atoms with Gasteiger partial charge in [-0.15, -0.1) is 24.0 Å². The predicted molar refractivity (Wildman–Crippen MR) is 114 cm³/mol. The number of amides is 1. The maximum atomic E-state index is 11.9. The van der Waals surface area contributed by atoms with E-state index in [2.05, 4.69) is 20.9 Å². The number of nitrogens with one attached hydrogen (secondary N) is 3. The molecule has 0 bridgehead atoms. The molecule has 0 aromatic heterocycles. The Bertz CT molecular complexity index is 695. The molecule has 1 fully saturated rings. The van der Waals surface area contributed by atoms with Gasteiger partial charge >= 0.3 is 0 Å². The zero-order valence-electron chi connectivity index (χ0n) is 14.9. The lowest BCUT2D eigenvalue weighted by molar-refractivity contribution is -0.121. The minimum absolute atomic E-state index is 0. The van der Waals surface area contributed by atoms with Crippen LogP contribution in [0.15, 0.2) is 35.3 Å². The summed E-state index contributed by atoms with van der Waals surface area (Å²) in [6, 6.07) is 9.61. The number of nitrogens with zero attached hydrogens (tertiary/aromatic N) is 1. The Labute approximate surface area is 172 Å². The molecular formula is C17H27IN4O3S. The number of sulfone groups is 1. The molecule has 1 aromatic rings. The summed E-state index contributed by atoms with van der Waals surface area (Å²) in [6.07, 6.45) is 0.872. The van der Waals surface area contributed by atoms with Gasteiger partial charge in [-0.25, -0.2) is 8.42 Å². The van der Waals surface area contributed by atoms with Crippen LogP contribution in [0.2, 0.25) is 0 Å². The highest BCUT2D eigenvalue weighted by Crippen LogP contribution is 2.10. The van der Waals surface area contributed by atoms with E-state index in [1.165, 1.54) is 0 Å². The number of carbonyl (C=O) groups is 1. The smallest absolute Gasteiger partial charge is 0.222 e. The van der Waals surface area contributed by atoms with Crippen molar-refractivity contribution in [3.63, 3.8) is 0 Å². The van der Waals surface area contributed by atoms with Crippen LogP contribution in [-0.2, 0) is 21.2 Å². The van der Waals surface area contributed by atoms with E-state index < -0.39 is 9.84 Å². The first-order valence-electron chi connectivity index (χ1n) is 8.54. The third-order valence-corrected chi connectivity index (χ3v) is 5.63. The fourth-order valence-electron chi connectivity index (χ4n) is 2.58. The molecule has 0 spiro atoms. The van der Waals surface area contributed by atoms with Crippen LogP contribution in [0.1, 0.15) is 25.3 Å². The molecule has 1 aliphatic heterocycles. The summed E-state index contributed by atoms with van der Waals surface area (Å²) < 4.78 is 23.0. The number of hydrogen-bond donors (Lipinski definition) is 3. The molecule has 26 heavy (non-hydrogen) atoms. The van der Waals surface area contributed by atoms with Crippen LogP contribution in [0, 0.1) is 0 Å². The van der Waals surface area contributed by atoms with Gasteiger partial charge in [0.15, 0.2) is 15.8 Å². The highest BCUT2D eigenvalue weighted by atomic mass is 127. The lowest BCUT2D eigenvalue weighted by Crippen LogP contribution is -2.44. The molecule has 9 heteroatoms. The lowest BCUT2D eigenvalue weighted by atomic mass is 10.2. The molecule has 1 aliphatic rings. The second-order valence-electron chi connectivity index (χ2n) is 6.02. The Kier molecular flexibility index (Phi) is 9.92. The van der Waals surface area contributed by atoms with E-state index in [0.717, 1.165) is 5.56 Å². The van der Waals surface area contributed by atoms with Crippen LogP contribution < -0.4 is 16.0 Å². The first-order valence-corrected chi connectivity index (χ1v) is 10.4. The third-order valence-electron chi connectivity index (χ3n) is 3.86. The summed E-state index contributed by atoms with van der Waals surface area (Å²) in [5.74, 6) is 0.841. The number of rotatable bonds is 7. The monoisotopic (exact) mass is 494 g/mol. The summed E-state index contributed by atoms with van der Waals surface area (Å²) in [5, 5.41) is 9.07. The van der Waals surface area contributed by atoms with Crippen LogP contribution in [-0.4, -0.2) is 50.9 Å². The molecule has 3 N–H and O–H groups in total. The molecule has 2 rings (SSSR count). The molecule has 1 saturated heterocycles. The summed E-state index contributed by atoms with van der Waals surface area (Å²) in [5.41, 5.74) is 1.05. The van der Waals surface area contributed by atoms with Crippen molar-refractivity contribution < 1.29 is 13.2 Å². The summed E-state index contributed by atoms with van der Waals surface area (Å²) in [7, 11) is -2.93. The molecule has 146 valence electrons. The van der Waals surface area contributed by atoms with E-state index >= 15 is 0 Å². The minimum Gasteiger partial charge on any atom is -0.357 e. The molecule has 1 atom stereocenters. The zero-order chi connectivity index (χ0) is 18.1. The van der Waals surface area contributed by atoms with Gasteiger partial charge in [0.1, 0.15) is 0 Å². The SMILES string of the molecule is CCNC(=NCCC(=O)NCc1ccccc1)NC1CCS(=O)(=O)C1.I. The number of benzene rings is 1. The quantitative estimate of drug-likeness (QED) is 0.299. The maximum absolute atomic E-state index is 11.9. The predicted octanol–water partition coefficient (Wildman–Crippen LogP) is 1.05. The number of halogens is 1. The van der Waals surface area contributed by atoms with E-state index in [9.17, 15) is 13.2 Å². The number of aliphatic imine (C=N–C) groups is 1. The third kappa shape index (κ3) is 8.35. The fourth-order valence-corrected chi connectivity index (χ4v) is 4.25. The second kappa shape index (κ2) is 11.4. The van der Waals surface area contributed by atoms with Crippen molar-refractivity contribution in [2.45, 2.75) is 32.4 Å². The average Bonchev–Trinajstić information content (AvgIpc) is 2.92. The van der Waals surface area contributed by atoms with Gasteiger partial charge in [-0.3, -0.25) is 9.79 Å². The topological polar surface area (TPSA) is 99.7 Å². The normalized spacial score (nSPS) is 18.7. The van der Waals surface area contributed by atoms with Gasteiger partial charge in [-0.1, -0.05) is 30.3 Å². The summed E-state index contributed by atoms with van der Waals surface area (Å²) >= 11 is 0. The zero-order valence-corrected chi connectivity index (χ0v) is 18.0. The highest BCUT2D eigenvalue weighted by Gasteiger charge is 2.28. The highest BCUT2D eigenvalue weighted by molar-refractivity contribution is 14.0. The lowest BCUT2D eigenvalue weighted by Gasteiger charge is -2.15. The molecule has 1 heterocycles. The Balaban J connectivity index is 0.00000338. The van der Waals surface area contributed by atoms with Crippen LogP contribution >= 0.6 is 24.0 Å². The van der Waals surface area contributed by atoms with Crippen molar-refractivity contribution in [1.29, 1.82) is 0 Å². The first-order chi connectivity index (χ1) is 12.0. The molecule has 0 radical (unpaired) electrons. The van der Waals surface area contributed by atoms with Crippen LogP contribution in [0.25, 0.3) is 0 Å². The molecule has 1 unspecified atom stereocenters. The van der Waals surface area contributed by atoms with Crippen molar-refractivity contribution in [2.75, 3.05) is 24.6 Å². The van der Waals surface area contributed by atoms with E-state index in [1.54, 1.807) is 0 Å². The van der Waals surface area contributed by atoms with Crippen molar-refractivity contribution >= 4 is 45.7 Å². The fraction of sp³-hybridized carbons (Fsp3) is 0.529. The van der Waals surface area contributed by atoms with Crippen LogP contribution in [0.5, 0.6) is 0 Å². The van der Waals surface area contributed by atoms with Gasteiger partial charge in [0, 0.05) is 25.6 Å². The first kappa shape index (κ1) is 22.7. The van der Waals surface area contributed by atoms with Gasteiger partial charge in [0.2, 0.25) is 5.91 Å². The van der Waals surface area contributed by atoms with E-state index in [4.69, 9.17) is 0 Å². The van der Waals surface area contributed by atoms with Crippen molar-refractivity contribution in [3.8, 4) is 0 Å². The van der Waals surface area contributed by atoms with Gasteiger partial charge in [0.05, 0.1) is 18.1 Å². The summed E-state index contributed by atoms with van der Waals surface area (Å²) in [4.78, 5) is 16.2. The van der Waals surface area contributed by atoms with Gasteiger partial charge in [-0.2, -0.15) is 0 Å². The Morgan fingerprint density at radius 3 is 2.58 bits per heavy atom. The van der Waals surface area contributed by atoms with E-state index in [0.29, 0.717) is 32.0 Å². The second-order valence-corrected chi connectivity index (χ2v) is 8.25. The number of carbonyl (C=O) groups excluding carboxylic acids is 1. The molecule has 0 saturated carbocycles. The van der Waals surface area contributed by atoms with Gasteiger partial charge < -0.3 is 16.0 Å². The van der Waals surface area contributed by atoms with E-state index in [1.807, 2.05) is 37.3 Å². The minimum atomic E-state index is -2.93. The standard InChI is InChI=1S/C17H26N4O3S.HI/c1-2-18-17(21-15-9-11-25(23,24)13-15)19-10-8-16(22)20-12-14-6-4-3-5-7-14;/h3-7,15H,2,8-13H2,1H3,(H,20,22)(H2,18,19,21);1H. The van der Waals surface area contributed by atoms with Gasteiger partial charge in [-0.05, 0) is 18.9 Å². The largest absolute Gasteiger partial charge is 0.357 e. The van der Waals surface area contributed by atoms with Crippen LogP contribution in [0.3, 0.4) is 0 Å². The molecule has 1 amide bonds. The van der Waals surface area contributed by atoms with Gasteiger partial charge in [0.25, 0.3) is 0 Å². The Morgan fingerprint density at radius 1 is 1.23 bits per heavy atom. The molecule has 7 nitrogen and oxygen atoms in total. The van der Waals surface area contributed by atoms with Crippen LogP contribution in [0.4, 0.5) is 0 Å². The van der Waals surface area contributed by atoms with Crippen molar-refractivity contribution in [3.05, 3.63) is 35.9 Å². The molecule has 0 aliphatic carbocycles. The Morgan fingerprint density at radius 2 is 1.96 bits per heavy atom. The Hall–Kier alpha value is -1.36. The summed E-state index contributed by atoms with van der Waals surface area (Å²) in [6.45, 7) is 3.46. The average molecular weight is 494 g/mol. The van der Waals surface area contributed by atoms with E-state index in [-0.39, 0.29) is 53.9 Å². The number of guanidine groups is 1. The van der Waals surface area contributed by atoms with Crippen molar-refractivity contribution in [2.24, 2.45) is 4.99 Å². The molecule has 1 aromatic carbocycles. The maximum Gasteiger partial charge on any atom is 0.222 e.